The zero-order valence-corrected chi connectivity index (χ0v) is 10.0. The summed E-state index contributed by atoms with van der Waals surface area (Å²) in [7, 11) is 0. The van der Waals surface area contributed by atoms with E-state index in [4.69, 9.17) is 4.74 Å². The first-order chi connectivity index (χ1) is 7.40. The molecular formula is C13H25NO. The van der Waals surface area contributed by atoms with Crippen LogP contribution in [0.4, 0.5) is 0 Å². The normalized spacial score (nSPS) is 31.8. The molecule has 2 saturated carbocycles. The van der Waals surface area contributed by atoms with Crippen molar-refractivity contribution in [3.8, 4) is 0 Å². The van der Waals surface area contributed by atoms with Gasteiger partial charge in [-0.1, -0.05) is 32.6 Å². The number of hydrogen-bond donors (Lipinski definition) is 1. The second-order valence-corrected chi connectivity index (χ2v) is 5.09. The largest absolute Gasteiger partial charge is 0.377 e. The van der Waals surface area contributed by atoms with Crippen molar-refractivity contribution in [3.05, 3.63) is 0 Å². The summed E-state index contributed by atoms with van der Waals surface area (Å²) in [5, 5.41) is 3.56. The number of rotatable bonds is 6. The van der Waals surface area contributed by atoms with Crippen molar-refractivity contribution in [1.29, 1.82) is 0 Å². The second-order valence-electron chi connectivity index (χ2n) is 5.09. The second kappa shape index (κ2) is 5.86. The molecule has 0 saturated heterocycles. The predicted octanol–water partition coefficient (Wildman–Crippen LogP) is 2.72. The molecular weight excluding hydrogens is 186 g/mol. The van der Waals surface area contributed by atoms with Gasteiger partial charge in [0.25, 0.3) is 0 Å². The van der Waals surface area contributed by atoms with Gasteiger partial charge in [-0.15, -0.1) is 0 Å². The molecule has 2 fully saturated rings. The lowest BCUT2D eigenvalue weighted by Crippen LogP contribution is -2.43. The Balaban J connectivity index is 1.66. The summed E-state index contributed by atoms with van der Waals surface area (Å²) in [6, 6.07) is 0.628. The Hall–Kier alpha value is -0.0800. The summed E-state index contributed by atoms with van der Waals surface area (Å²) < 4.78 is 6.04. The van der Waals surface area contributed by atoms with Crippen molar-refractivity contribution in [1.82, 2.24) is 5.32 Å². The minimum absolute atomic E-state index is 0.498. The average molecular weight is 211 g/mol. The summed E-state index contributed by atoms with van der Waals surface area (Å²) in [4.78, 5) is 0. The summed E-state index contributed by atoms with van der Waals surface area (Å²) in [6.45, 7) is 4.26. The Morgan fingerprint density at radius 3 is 2.67 bits per heavy atom. The van der Waals surface area contributed by atoms with Gasteiger partial charge in [-0.05, 0) is 31.7 Å². The van der Waals surface area contributed by atoms with Crippen LogP contribution >= 0.6 is 0 Å². The molecule has 2 aliphatic carbocycles. The van der Waals surface area contributed by atoms with E-state index < -0.39 is 0 Å². The van der Waals surface area contributed by atoms with Crippen LogP contribution in [0.5, 0.6) is 0 Å². The van der Waals surface area contributed by atoms with E-state index in [0.29, 0.717) is 12.1 Å². The first-order valence-corrected chi connectivity index (χ1v) is 6.75. The zero-order chi connectivity index (χ0) is 10.5. The maximum Gasteiger partial charge on any atom is 0.0728 e. The van der Waals surface area contributed by atoms with Crippen LogP contribution in [0.1, 0.15) is 51.9 Å². The Morgan fingerprint density at radius 2 is 1.93 bits per heavy atom. The standard InChI is InChI=1S/C13H25NO/c1-2-14-12-5-3-4-6-13(12)15-10-9-11-7-8-11/h11-14H,2-10H2,1H3. The van der Waals surface area contributed by atoms with Gasteiger partial charge in [0.05, 0.1) is 6.10 Å². The minimum atomic E-state index is 0.498. The van der Waals surface area contributed by atoms with Gasteiger partial charge < -0.3 is 10.1 Å². The fraction of sp³-hybridized carbons (Fsp3) is 1.00. The van der Waals surface area contributed by atoms with Gasteiger partial charge in [-0.25, -0.2) is 0 Å². The number of hydrogen-bond acceptors (Lipinski definition) is 2. The molecule has 0 amide bonds. The van der Waals surface area contributed by atoms with Crippen molar-refractivity contribution in [2.45, 2.75) is 64.0 Å². The van der Waals surface area contributed by atoms with Crippen LogP contribution < -0.4 is 5.32 Å². The molecule has 0 aliphatic heterocycles. The molecule has 0 bridgehead atoms. The molecule has 2 nitrogen and oxygen atoms in total. The summed E-state index contributed by atoms with van der Waals surface area (Å²) in [5.41, 5.74) is 0. The average Bonchev–Trinajstić information content (AvgIpc) is 3.05. The summed E-state index contributed by atoms with van der Waals surface area (Å²) in [6.07, 6.45) is 10.0. The van der Waals surface area contributed by atoms with Gasteiger partial charge >= 0.3 is 0 Å². The fourth-order valence-corrected chi connectivity index (χ4v) is 2.58. The summed E-state index contributed by atoms with van der Waals surface area (Å²) >= 11 is 0. The van der Waals surface area contributed by atoms with Gasteiger partial charge in [-0.2, -0.15) is 0 Å². The van der Waals surface area contributed by atoms with Crippen molar-refractivity contribution in [3.63, 3.8) is 0 Å². The fourth-order valence-electron chi connectivity index (χ4n) is 2.58. The number of nitrogens with one attached hydrogen (secondary N) is 1. The monoisotopic (exact) mass is 211 g/mol. The van der Waals surface area contributed by atoms with E-state index in [1.54, 1.807) is 0 Å². The maximum absolute atomic E-state index is 6.04. The third-order valence-corrected chi connectivity index (χ3v) is 3.72. The quantitative estimate of drug-likeness (QED) is 0.729. The van der Waals surface area contributed by atoms with Crippen molar-refractivity contribution < 1.29 is 4.74 Å². The van der Waals surface area contributed by atoms with Crippen LogP contribution in [0.3, 0.4) is 0 Å². The first-order valence-electron chi connectivity index (χ1n) is 6.75. The highest BCUT2D eigenvalue weighted by atomic mass is 16.5. The highest BCUT2D eigenvalue weighted by Crippen LogP contribution is 2.32. The third-order valence-electron chi connectivity index (χ3n) is 3.72. The molecule has 15 heavy (non-hydrogen) atoms. The molecule has 2 heteroatoms. The highest BCUT2D eigenvalue weighted by molar-refractivity contribution is 4.82. The van der Waals surface area contributed by atoms with E-state index in [0.717, 1.165) is 19.1 Å². The Morgan fingerprint density at radius 1 is 1.13 bits per heavy atom. The smallest absolute Gasteiger partial charge is 0.0728 e. The minimum Gasteiger partial charge on any atom is -0.377 e. The number of likely N-dealkylation sites (N-methyl/N-ethyl adjacent to an activating group) is 1. The van der Waals surface area contributed by atoms with E-state index in [1.807, 2.05) is 0 Å². The Kier molecular flexibility index (Phi) is 4.45. The molecule has 2 rings (SSSR count). The molecule has 0 radical (unpaired) electrons. The van der Waals surface area contributed by atoms with Crippen molar-refractivity contribution in [2.75, 3.05) is 13.2 Å². The van der Waals surface area contributed by atoms with Gasteiger partial charge in [-0.3, -0.25) is 0 Å². The van der Waals surface area contributed by atoms with Crippen LogP contribution in [0.15, 0.2) is 0 Å². The Bertz CT molecular complexity index is 177. The van der Waals surface area contributed by atoms with Crippen LogP contribution in [0.2, 0.25) is 0 Å². The molecule has 2 aliphatic rings. The van der Waals surface area contributed by atoms with Gasteiger partial charge in [0.15, 0.2) is 0 Å². The van der Waals surface area contributed by atoms with E-state index in [9.17, 15) is 0 Å². The third kappa shape index (κ3) is 3.76. The Labute approximate surface area is 93.8 Å². The van der Waals surface area contributed by atoms with Crippen LogP contribution in [0, 0.1) is 5.92 Å². The van der Waals surface area contributed by atoms with Crippen LogP contribution in [0.25, 0.3) is 0 Å². The lowest BCUT2D eigenvalue weighted by Gasteiger charge is -2.32. The molecule has 0 spiro atoms. The lowest BCUT2D eigenvalue weighted by atomic mass is 9.92. The van der Waals surface area contributed by atoms with E-state index in [2.05, 4.69) is 12.2 Å². The zero-order valence-electron chi connectivity index (χ0n) is 10.0. The molecule has 1 N–H and O–H groups in total. The summed E-state index contributed by atoms with van der Waals surface area (Å²) in [5.74, 6) is 1.01. The van der Waals surface area contributed by atoms with Gasteiger partial charge in [0.1, 0.15) is 0 Å². The number of ether oxygens (including phenoxy) is 1. The molecule has 0 aromatic heterocycles. The van der Waals surface area contributed by atoms with E-state index in [-0.39, 0.29) is 0 Å². The SMILES string of the molecule is CCNC1CCCCC1OCCC1CC1. The lowest BCUT2D eigenvalue weighted by molar-refractivity contribution is 0.00294. The van der Waals surface area contributed by atoms with E-state index in [1.165, 1.54) is 44.9 Å². The molecule has 0 aromatic rings. The molecule has 0 heterocycles. The molecule has 0 aromatic carbocycles. The first kappa shape index (κ1) is 11.4. The van der Waals surface area contributed by atoms with Gasteiger partial charge in [0, 0.05) is 12.6 Å². The van der Waals surface area contributed by atoms with Crippen LogP contribution in [-0.2, 0) is 4.74 Å². The van der Waals surface area contributed by atoms with Crippen molar-refractivity contribution >= 4 is 0 Å². The highest BCUT2D eigenvalue weighted by Gasteiger charge is 2.26. The van der Waals surface area contributed by atoms with Crippen molar-refractivity contribution in [2.24, 2.45) is 5.92 Å². The maximum atomic E-state index is 6.04. The van der Waals surface area contributed by atoms with Crippen LogP contribution in [-0.4, -0.2) is 25.3 Å². The molecule has 2 atom stereocenters. The van der Waals surface area contributed by atoms with Gasteiger partial charge in [0.2, 0.25) is 0 Å². The molecule has 88 valence electrons. The topological polar surface area (TPSA) is 21.3 Å². The molecule has 2 unspecified atom stereocenters. The predicted molar refractivity (Wildman–Crippen MR) is 63.0 cm³/mol. The van der Waals surface area contributed by atoms with E-state index >= 15 is 0 Å².